The molecule has 114 valence electrons. The van der Waals surface area contributed by atoms with Crippen molar-refractivity contribution in [2.24, 2.45) is 0 Å². The van der Waals surface area contributed by atoms with Crippen LogP contribution in [-0.2, 0) is 0 Å². The predicted octanol–water partition coefficient (Wildman–Crippen LogP) is 3.37. The van der Waals surface area contributed by atoms with Crippen LogP contribution >= 0.6 is 11.6 Å². The summed E-state index contributed by atoms with van der Waals surface area (Å²) in [6, 6.07) is 10.2. The number of benzene rings is 2. The van der Waals surface area contributed by atoms with Crippen LogP contribution in [0.1, 0.15) is 10.4 Å². The van der Waals surface area contributed by atoms with Gasteiger partial charge in [0.2, 0.25) is 0 Å². The molecule has 6 heteroatoms. The Bertz CT molecular complexity index is 717. The highest BCUT2D eigenvalue weighted by Crippen LogP contribution is 2.38. The van der Waals surface area contributed by atoms with Crippen LogP contribution in [0.15, 0.2) is 36.4 Å². The van der Waals surface area contributed by atoms with E-state index >= 15 is 0 Å². The zero-order chi connectivity index (χ0) is 15.5. The molecule has 22 heavy (non-hydrogen) atoms. The first-order chi connectivity index (χ1) is 10.7. The van der Waals surface area contributed by atoms with E-state index < -0.39 is 0 Å². The van der Waals surface area contributed by atoms with Gasteiger partial charge in [-0.3, -0.25) is 4.79 Å². The van der Waals surface area contributed by atoms with Crippen molar-refractivity contribution in [2.75, 3.05) is 25.6 Å². The summed E-state index contributed by atoms with van der Waals surface area (Å²) in [5.41, 5.74) is 0.948. The molecule has 0 unspecified atom stereocenters. The van der Waals surface area contributed by atoms with Crippen molar-refractivity contribution in [2.45, 2.75) is 0 Å². The number of methoxy groups -OCH3 is 1. The molecule has 1 aliphatic rings. The minimum Gasteiger partial charge on any atom is -0.497 e. The van der Waals surface area contributed by atoms with Gasteiger partial charge in [-0.25, -0.2) is 0 Å². The summed E-state index contributed by atoms with van der Waals surface area (Å²) >= 11 is 6.18. The first-order valence-electron chi connectivity index (χ1n) is 6.72. The van der Waals surface area contributed by atoms with E-state index in [1.807, 2.05) is 0 Å². The number of anilines is 1. The maximum atomic E-state index is 12.3. The molecule has 3 rings (SSSR count). The number of hydrogen-bond donors (Lipinski definition) is 1. The first kappa shape index (κ1) is 14.5. The van der Waals surface area contributed by atoms with Crippen LogP contribution in [0.4, 0.5) is 5.69 Å². The Balaban J connectivity index is 1.84. The molecular formula is C16H14ClNO4. The topological polar surface area (TPSA) is 56.8 Å². The molecule has 1 N–H and O–H groups in total. The Hall–Kier alpha value is -2.40. The summed E-state index contributed by atoms with van der Waals surface area (Å²) in [6.07, 6.45) is 0. The van der Waals surface area contributed by atoms with Gasteiger partial charge in [0.25, 0.3) is 5.91 Å². The maximum absolute atomic E-state index is 12.3. The number of carbonyl (C=O) groups is 1. The molecule has 0 radical (unpaired) electrons. The Morgan fingerprint density at radius 2 is 1.91 bits per heavy atom. The van der Waals surface area contributed by atoms with Gasteiger partial charge < -0.3 is 19.5 Å². The molecule has 2 aromatic carbocycles. The molecule has 0 aromatic heterocycles. The van der Waals surface area contributed by atoms with E-state index in [0.717, 1.165) is 0 Å². The van der Waals surface area contributed by atoms with E-state index in [0.29, 0.717) is 46.7 Å². The van der Waals surface area contributed by atoms with Crippen molar-refractivity contribution < 1.29 is 19.0 Å². The van der Waals surface area contributed by atoms with Crippen molar-refractivity contribution in [3.8, 4) is 17.2 Å². The SMILES string of the molecule is COc1cccc(C(=O)Nc2cc3c(cc2Cl)OCCO3)c1. The predicted molar refractivity (Wildman–Crippen MR) is 83.4 cm³/mol. The fourth-order valence-electron chi connectivity index (χ4n) is 2.12. The summed E-state index contributed by atoms with van der Waals surface area (Å²) in [6.45, 7) is 0.955. The van der Waals surface area contributed by atoms with Gasteiger partial charge in [0.05, 0.1) is 17.8 Å². The molecule has 0 spiro atoms. The number of hydrogen-bond acceptors (Lipinski definition) is 4. The number of ether oxygens (including phenoxy) is 3. The second kappa shape index (κ2) is 6.15. The Morgan fingerprint density at radius 1 is 1.18 bits per heavy atom. The van der Waals surface area contributed by atoms with Crippen LogP contribution in [0, 0.1) is 0 Å². The molecule has 0 atom stereocenters. The molecule has 0 saturated heterocycles. The zero-order valence-electron chi connectivity index (χ0n) is 11.9. The molecule has 2 aromatic rings. The van der Waals surface area contributed by atoms with Gasteiger partial charge in [-0.05, 0) is 18.2 Å². The van der Waals surface area contributed by atoms with E-state index in [-0.39, 0.29) is 5.91 Å². The molecular weight excluding hydrogens is 306 g/mol. The normalized spacial score (nSPS) is 12.6. The summed E-state index contributed by atoms with van der Waals surface area (Å²) in [7, 11) is 1.55. The largest absolute Gasteiger partial charge is 0.497 e. The molecule has 1 aliphatic heterocycles. The van der Waals surface area contributed by atoms with E-state index in [2.05, 4.69) is 5.32 Å². The highest BCUT2D eigenvalue weighted by Gasteiger charge is 2.17. The van der Waals surface area contributed by atoms with Gasteiger partial charge in [-0.2, -0.15) is 0 Å². The summed E-state index contributed by atoms with van der Waals surface area (Å²) in [4.78, 5) is 12.3. The van der Waals surface area contributed by atoms with Crippen LogP contribution in [-0.4, -0.2) is 26.2 Å². The average molecular weight is 320 g/mol. The second-order valence-electron chi connectivity index (χ2n) is 4.66. The van der Waals surface area contributed by atoms with E-state index in [4.69, 9.17) is 25.8 Å². The lowest BCUT2D eigenvalue weighted by Gasteiger charge is -2.20. The minimum absolute atomic E-state index is 0.280. The number of nitrogens with one attached hydrogen (secondary N) is 1. The van der Waals surface area contributed by atoms with Crippen LogP contribution in [0.25, 0.3) is 0 Å². The molecule has 0 bridgehead atoms. The molecule has 0 fully saturated rings. The lowest BCUT2D eigenvalue weighted by Crippen LogP contribution is -2.17. The third-order valence-electron chi connectivity index (χ3n) is 3.21. The zero-order valence-corrected chi connectivity index (χ0v) is 12.6. The van der Waals surface area contributed by atoms with Crippen LogP contribution in [0.2, 0.25) is 5.02 Å². The highest BCUT2D eigenvalue weighted by molar-refractivity contribution is 6.34. The molecule has 5 nitrogen and oxygen atoms in total. The van der Waals surface area contributed by atoms with Gasteiger partial charge in [-0.15, -0.1) is 0 Å². The third kappa shape index (κ3) is 2.94. The lowest BCUT2D eigenvalue weighted by molar-refractivity contribution is 0.102. The average Bonchev–Trinajstić information content (AvgIpc) is 2.55. The van der Waals surface area contributed by atoms with Gasteiger partial charge in [0.1, 0.15) is 19.0 Å². The van der Waals surface area contributed by atoms with Gasteiger partial charge in [0, 0.05) is 17.7 Å². The Morgan fingerprint density at radius 3 is 2.64 bits per heavy atom. The van der Waals surface area contributed by atoms with Gasteiger partial charge >= 0.3 is 0 Å². The fourth-order valence-corrected chi connectivity index (χ4v) is 2.32. The highest BCUT2D eigenvalue weighted by atomic mass is 35.5. The van der Waals surface area contributed by atoms with Crippen LogP contribution in [0.3, 0.4) is 0 Å². The van der Waals surface area contributed by atoms with Crippen molar-refractivity contribution in [1.29, 1.82) is 0 Å². The first-order valence-corrected chi connectivity index (χ1v) is 7.10. The van der Waals surface area contributed by atoms with Crippen molar-refractivity contribution in [3.05, 3.63) is 47.0 Å². The number of rotatable bonds is 3. The molecule has 0 aliphatic carbocycles. The van der Waals surface area contributed by atoms with E-state index in [9.17, 15) is 4.79 Å². The summed E-state index contributed by atoms with van der Waals surface area (Å²) in [5.74, 6) is 1.48. The van der Waals surface area contributed by atoms with Crippen LogP contribution < -0.4 is 19.5 Å². The number of amides is 1. The Kier molecular flexibility index (Phi) is 4.06. The third-order valence-corrected chi connectivity index (χ3v) is 3.52. The fraction of sp³-hybridized carbons (Fsp3) is 0.188. The number of carbonyl (C=O) groups excluding carboxylic acids is 1. The van der Waals surface area contributed by atoms with Crippen LogP contribution in [0.5, 0.6) is 17.2 Å². The second-order valence-corrected chi connectivity index (χ2v) is 5.07. The minimum atomic E-state index is -0.280. The summed E-state index contributed by atoms with van der Waals surface area (Å²) in [5, 5.41) is 3.16. The Labute approximate surface area is 132 Å². The standard InChI is InChI=1S/C16H14ClNO4/c1-20-11-4-2-3-10(7-11)16(19)18-13-9-15-14(8-12(13)17)21-5-6-22-15/h2-4,7-9H,5-6H2,1H3,(H,18,19). The monoisotopic (exact) mass is 319 g/mol. The summed E-state index contributed by atoms with van der Waals surface area (Å²) < 4.78 is 16.0. The molecule has 1 amide bonds. The maximum Gasteiger partial charge on any atom is 0.255 e. The van der Waals surface area contributed by atoms with E-state index in [1.54, 1.807) is 43.5 Å². The quantitative estimate of drug-likeness (QED) is 0.942. The number of halogens is 1. The van der Waals surface area contributed by atoms with Crippen molar-refractivity contribution in [3.63, 3.8) is 0 Å². The lowest BCUT2D eigenvalue weighted by atomic mass is 10.2. The smallest absolute Gasteiger partial charge is 0.255 e. The van der Waals surface area contributed by atoms with E-state index in [1.165, 1.54) is 0 Å². The van der Waals surface area contributed by atoms with Crippen molar-refractivity contribution in [1.82, 2.24) is 0 Å². The molecule has 1 heterocycles. The van der Waals surface area contributed by atoms with Gasteiger partial charge in [0.15, 0.2) is 11.5 Å². The molecule has 0 saturated carbocycles. The van der Waals surface area contributed by atoms with Crippen molar-refractivity contribution >= 4 is 23.2 Å². The van der Waals surface area contributed by atoms with Gasteiger partial charge in [-0.1, -0.05) is 17.7 Å². The number of fused-ring (bicyclic) bond motifs is 1.